The summed E-state index contributed by atoms with van der Waals surface area (Å²) < 4.78 is 0. The lowest BCUT2D eigenvalue weighted by Crippen LogP contribution is -2.95. The van der Waals surface area contributed by atoms with Crippen molar-refractivity contribution in [3.63, 3.8) is 0 Å². The van der Waals surface area contributed by atoms with Gasteiger partial charge in [-0.05, 0) is 138 Å². The normalized spacial score (nSPS) is 19.3. The molecule has 12 nitrogen and oxygen atoms in total. The summed E-state index contributed by atoms with van der Waals surface area (Å²) in [7, 11) is 0. The quantitative estimate of drug-likeness (QED) is 0.158. The van der Waals surface area contributed by atoms with Crippen molar-refractivity contribution in [2.75, 3.05) is 0 Å². The van der Waals surface area contributed by atoms with Crippen molar-refractivity contribution in [1.82, 2.24) is 0 Å². The zero-order valence-corrected chi connectivity index (χ0v) is 32.3. The van der Waals surface area contributed by atoms with Gasteiger partial charge in [-0.1, -0.05) is 96.6 Å². The molecule has 0 unspecified atom stereocenters. The Labute approximate surface area is 322 Å². The minimum absolute atomic E-state index is 0.160. The number of hydrogen-bond acceptors (Lipinski definition) is 6. The lowest BCUT2D eigenvalue weighted by molar-refractivity contribution is -0.726. The van der Waals surface area contributed by atoms with Gasteiger partial charge in [0, 0.05) is 9.82 Å². The van der Waals surface area contributed by atoms with Crippen LogP contribution in [0.15, 0.2) is 70.9 Å². The van der Waals surface area contributed by atoms with E-state index >= 15 is 0 Å². The van der Waals surface area contributed by atoms with Gasteiger partial charge >= 0.3 is 0 Å². The van der Waals surface area contributed by atoms with E-state index in [1.807, 2.05) is 12.1 Å². The zero-order valence-electron chi connectivity index (χ0n) is 32.3. The number of azide groups is 2. The van der Waals surface area contributed by atoms with Crippen molar-refractivity contribution in [1.29, 1.82) is 0 Å². The molecule has 296 valence electrons. The highest BCUT2D eigenvalue weighted by Crippen LogP contribution is 2.20. The fourth-order valence-corrected chi connectivity index (χ4v) is 8.22. The summed E-state index contributed by atoms with van der Waals surface area (Å²) >= 11 is 0. The monoisotopic (exact) mass is 745 g/mol. The van der Waals surface area contributed by atoms with Crippen LogP contribution in [-0.4, -0.2) is 48.2 Å². The first kappa shape index (κ1) is 44.3. The molecule has 2 aromatic rings. The number of hydrogen-bond donors (Lipinski definition) is 2. The Morgan fingerprint density at radius 2 is 0.778 bits per heavy atom. The maximum atomic E-state index is 10.5. The highest BCUT2D eigenvalue weighted by molar-refractivity contribution is 5.72. The Hall–Kier alpha value is -4.08. The van der Waals surface area contributed by atoms with Gasteiger partial charge in [0.25, 0.3) is 0 Å². The Bertz CT molecular complexity index is 1250. The average Bonchev–Trinajstić information content (AvgIpc) is 3.21. The van der Waals surface area contributed by atoms with Crippen LogP contribution in [0.1, 0.15) is 140 Å². The SMILES string of the molecule is C1CCC([NH2+]C2CCCCC2)CC1.C1CCC([NH2+]C2CCCCC2)CC1.[N-]=[N+]=N[C@@H](Cc1ccccc1)C(=O)[O-].[N-]=[N+]=N[C@@H](Cc1ccccc1)C(=O)[O-]. The van der Waals surface area contributed by atoms with Gasteiger partial charge in [0.05, 0.1) is 48.2 Å². The first-order chi connectivity index (χ1) is 26.4. The summed E-state index contributed by atoms with van der Waals surface area (Å²) in [5, 5.41) is 32.8. The molecular formula is C42H64N8O4. The third-order valence-corrected chi connectivity index (χ3v) is 11.2. The second kappa shape index (κ2) is 27.5. The molecule has 4 N–H and O–H groups in total. The molecule has 2 atom stereocenters. The number of carboxylic acid groups (broad SMARTS) is 2. The van der Waals surface area contributed by atoms with E-state index in [4.69, 9.17) is 11.1 Å². The maximum Gasteiger partial charge on any atom is 0.0861 e. The van der Waals surface area contributed by atoms with Crippen LogP contribution in [0, 0.1) is 0 Å². The van der Waals surface area contributed by atoms with Gasteiger partial charge < -0.3 is 30.4 Å². The topological polar surface area (TPSA) is 211 Å². The minimum Gasteiger partial charge on any atom is -0.550 e. The Kier molecular flexibility index (Phi) is 22.6. The molecule has 4 aliphatic carbocycles. The highest BCUT2D eigenvalue weighted by Gasteiger charge is 2.24. The number of nitrogens with two attached hydrogens (primary N) is 2. The second-order valence-corrected chi connectivity index (χ2v) is 15.4. The largest absolute Gasteiger partial charge is 0.550 e. The second-order valence-electron chi connectivity index (χ2n) is 15.4. The molecule has 0 aliphatic heterocycles. The molecule has 0 aromatic heterocycles. The molecule has 6 rings (SSSR count). The molecular weight excluding hydrogens is 681 g/mol. The number of aliphatic carboxylic acids is 2. The first-order valence-corrected chi connectivity index (χ1v) is 20.7. The van der Waals surface area contributed by atoms with E-state index in [1.54, 1.807) is 48.5 Å². The van der Waals surface area contributed by atoms with Crippen LogP contribution < -0.4 is 20.8 Å². The molecule has 0 saturated heterocycles. The zero-order chi connectivity index (χ0) is 38.6. The Morgan fingerprint density at radius 3 is 1.00 bits per heavy atom. The van der Waals surface area contributed by atoms with Gasteiger partial charge in [-0.2, -0.15) is 0 Å². The number of nitrogens with zero attached hydrogens (tertiary/aromatic N) is 6. The van der Waals surface area contributed by atoms with E-state index in [-0.39, 0.29) is 12.8 Å². The summed E-state index contributed by atoms with van der Waals surface area (Å²) in [5.74, 6) is -2.71. The average molecular weight is 745 g/mol. The van der Waals surface area contributed by atoms with Crippen LogP contribution in [-0.2, 0) is 22.4 Å². The van der Waals surface area contributed by atoms with E-state index in [9.17, 15) is 19.8 Å². The molecule has 0 spiro atoms. The lowest BCUT2D eigenvalue weighted by Gasteiger charge is -2.27. The minimum atomic E-state index is -1.35. The molecule has 2 aromatic carbocycles. The predicted octanol–water partition coefficient (Wildman–Crippen LogP) is 5.75. The van der Waals surface area contributed by atoms with E-state index < -0.39 is 24.0 Å². The van der Waals surface area contributed by atoms with Crippen LogP contribution in [0.4, 0.5) is 0 Å². The number of carbonyl (C=O) groups is 2. The van der Waals surface area contributed by atoms with Crippen molar-refractivity contribution < 1.29 is 30.4 Å². The molecule has 4 aliphatic rings. The number of carbonyl (C=O) groups excluding carboxylic acids is 2. The highest BCUT2D eigenvalue weighted by atomic mass is 16.4. The van der Waals surface area contributed by atoms with Crippen LogP contribution >= 0.6 is 0 Å². The van der Waals surface area contributed by atoms with Crippen molar-refractivity contribution in [2.45, 2.75) is 178 Å². The molecule has 0 bridgehead atoms. The van der Waals surface area contributed by atoms with Crippen molar-refractivity contribution >= 4 is 11.9 Å². The van der Waals surface area contributed by atoms with Gasteiger partial charge in [-0.15, -0.1) is 0 Å². The summed E-state index contributed by atoms with van der Waals surface area (Å²) in [6.45, 7) is 0. The van der Waals surface area contributed by atoms with E-state index in [0.29, 0.717) is 0 Å². The van der Waals surface area contributed by atoms with Crippen LogP contribution in [0.3, 0.4) is 0 Å². The van der Waals surface area contributed by atoms with Crippen LogP contribution in [0.25, 0.3) is 20.9 Å². The molecule has 0 amide bonds. The Balaban J connectivity index is 0.000000194. The standard InChI is InChI=1S/2C12H23N.2C9H9N3O2/c2*1-3-7-11(8-4-1)13-12-9-5-2-6-10-12;2*10-12-11-8(9(13)14)6-7-4-2-1-3-5-7/h2*11-13H,1-10H2;2*1-5,8H,6H2,(H,13,14)/t;;2*8-/m..00/s1. The molecule has 4 saturated carbocycles. The summed E-state index contributed by atoms with van der Waals surface area (Å²) in [6.07, 6.45) is 30.2. The molecule has 54 heavy (non-hydrogen) atoms. The smallest absolute Gasteiger partial charge is 0.0861 e. The summed E-state index contributed by atoms with van der Waals surface area (Å²) in [6, 6.07) is 19.6. The van der Waals surface area contributed by atoms with E-state index in [0.717, 1.165) is 35.3 Å². The molecule has 0 radical (unpaired) electrons. The molecule has 4 fully saturated rings. The van der Waals surface area contributed by atoms with Gasteiger partial charge in [-0.3, -0.25) is 0 Å². The number of benzene rings is 2. The van der Waals surface area contributed by atoms with Crippen molar-refractivity contribution in [2.24, 2.45) is 10.2 Å². The lowest BCUT2D eigenvalue weighted by atomic mass is 9.91. The Morgan fingerprint density at radius 1 is 0.519 bits per heavy atom. The fraction of sp³-hybridized carbons (Fsp3) is 0.667. The van der Waals surface area contributed by atoms with Crippen molar-refractivity contribution in [3.8, 4) is 0 Å². The third-order valence-electron chi connectivity index (χ3n) is 11.2. The number of rotatable bonds is 12. The fourth-order valence-electron chi connectivity index (χ4n) is 8.22. The van der Waals surface area contributed by atoms with Crippen LogP contribution in [0.5, 0.6) is 0 Å². The van der Waals surface area contributed by atoms with Crippen LogP contribution in [0.2, 0.25) is 0 Å². The van der Waals surface area contributed by atoms with Gasteiger partial charge in [0.15, 0.2) is 0 Å². The van der Waals surface area contributed by atoms with Gasteiger partial charge in [0.1, 0.15) is 0 Å². The first-order valence-electron chi connectivity index (χ1n) is 20.7. The number of quaternary nitrogens is 2. The summed E-state index contributed by atoms with van der Waals surface area (Å²) in [5.41, 5.74) is 17.9. The van der Waals surface area contributed by atoms with Gasteiger partial charge in [0.2, 0.25) is 0 Å². The number of carboxylic acids is 2. The van der Waals surface area contributed by atoms with Gasteiger partial charge in [-0.25, -0.2) is 0 Å². The van der Waals surface area contributed by atoms with E-state index in [2.05, 4.69) is 30.7 Å². The predicted molar refractivity (Wildman–Crippen MR) is 208 cm³/mol. The van der Waals surface area contributed by atoms with E-state index in [1.165, 1.54) is 128 Å². The van der Waals surface area contributed by atoms with Crippen molar-refractivity contribution in [3.05, 3.63) is 92.7 Å². The summed E-state index contributed by atoms with van der Waals surface area (Å²) in [4.78, 5) is 26.0. The molecule has 12 heteroatoms. The third kappa shape index (κ3) is 19.3. The maximum absolute atomic E-state index is 10.5. The molecule has 0 heterocycles.